The van der Waals surface area contributed by atoms with Crippen LogP contribution in [0.3, 0.4) is 0 Å². The number of nitriles is 1. The van der Waals surface area contributed by atoms with Crippen molar-refractivity contribution in [1.82, 2.24) is 14.7 Å². The molecule has 0 spiro atoms. The van der Waals surface area contributed by atoms with E-state index in [2.05, 4.69) is 16.5 Å². The molecule has 2 heterocycles. The number of fused-ring (bicyclic) bond motifs is 1. The van der Waals surface area contributed by atoms with Crippen LogP contribution in [0.5, 0.6) is 0 Å². The number of hydrogen-bond donors (Lipinski definition) is 1. The van der Waals surface area contributed by atoms with E-state index in [9.17, 15) is 4.79 Å². The summed E-state index contributed by atoms with van der Waals surface area (Å²) in [6.07, 6.45) is 0.729. The Morgan fingerprint density at radius 1 is 1.65 bits per heavy atom. The van der Waals surface area contributed by atoms with Crippen LogP contribution in [0.25, 0.3) is 0 Å². The summed E-state index contributed by atoms with van der Waals surface area (Å²) in [5, 5.41) is 16.1. The number of hydrogen-bond acceptors (Lipinski definition) is 4. The van der Waals surface area contributed by atoms with Crippen molar-refractivity contribution in [3.8, 4) is 6.07 Å². The van der Waals surface area contributed by atoms with Crippen LogP contribution in [0.2, 0.25) is 0 Å². The second-order valence-electron chi connectivity index (χ2n) is 4.07. The number of amides is 1. The van der Waals surface area contributed by atoms with Gasteiger partial charge in [0.25, 0.3) is 0 Å². The van der Waals surface area contributed by atoms with Gasteiger partial charge in [0, 0.05) is 31.8 Å². The number of rotatable bonds is 2. The maximum Gasteiger partial charge on any atom is 0.245 e. The van der Waals surface area contributed by atoms with Gasteiger partial charge in [0.05, 0.1) is 6.07 Å². The Labute approximate surface area is 99.8 Å². The summed E-state index contributed by atoms with van der Waals surface area (Å²) in [5.41, 5.74) is 1.02. The Hall–Kier alpha value is -2.03. The second-order valence-corrected chi connectivity index (χ2v) is 4.07. The van der Waals surface area contributed by atoms with E-state index in [1.807, 2.05) is 6.07 Å². The minimum Gasteiger partial charge on any atom is -0.372 e. The van der Waals surface area contributed by atoms with Crippen LogP contribution in [0.4, 0.5) is 5.82 Å². The average Bonchev–Trinajstić information content (AvgIpc) is 2.64. The van der Waals surface area contributed by atoms with E-state index in [0.29, 0.717) is 6.54 Å². The molecule has 0 saturated carbocycles. The SMILES string of the molecule is CNc1cc2n(n1)CC(=O)N(C(C)C#N)CC2. The molecule has 0 aromatic carbocycles. The number of nitrogens with zero attached hydrogens (tertiary/aromatic N) is 4. The van der Waals surface area contributed by atoms with E-state index in [1.54, 1.807) is 23.6 Å². The number of carbonyl (C=O) groups is 1. The van der Waals surface area contributed by atoms with Crippen molar-refractivity contribution < 1.29 is 4.79 Å². The van der Waals surface area contributed by atoms with E-state index in [4.69, 9.17) is 5.26 Å². The van der Waals surface area contributed by atoms with Crippen LogP contribution in [0.1, 0.15) is 12.6 Å². The van der Waals surface area contributed by atoms with E-state index in [0.717, 1.165) is 17.9 Å². The Morgan fingerprint density at radius 2 is 2.41 bits per heavy atom. The molecule has 0 aliphatic carbocycles. The van der Waals surface area contributed by atoms with Crippen molar-refractivity contribution >= 4 is 11.7 Å². The molecule has 1 amide bonds. The van der Waals surface area contributed by atoms with Crippen LogP contribution < -0.4 is 5.32 Å². The molecule has 1 aliphatic heterocycles. The van der Waals surface area contributed by atoms with E-state index in [-0.39, 0.29) is 18.5 Å². The number of carbonyl (C=O) groups excluding carboxylic acids is 1. The average molecular weight is 233 g/mol. The molecule has 2 rings (SSSR count). The first-order valence-corrected chi connectivity index (χ1v) is 5.59. The van der Waals surface area contributed by atoms with Gasteiger partial charge in [0.15, 0.2) is 0 Å². The summed E-state index contributed by atoms with van der Waals surface area (Å²) in [5.74, 6) is 0.720. The Balaban J connectivity index is 2.22. The fourth-order valence-electron chi connectivity index (χ4n) is 1.97. The molecule has 90 valence electrons. The summed E-state index contributed by atoms with van der Waals surface area (Å²) in [6.45, 7) is 2.52. The predicted molar refractivity (Wildman–Crippen MR) is 62.3 cm³/mol. The van der Waals surface area contributed by atoms with Gasteiger partial charge in [-0.2, -0.15) is 10.4 Å². The molecule has 1 aromatic rings. The maximum atomic E-state index is 12.0. The quantitative estimate of drug-likeness (QED) is 0.793. The van der Waals surface area contributed by atoms with Crippen LogP contribution in [-0.2, 0) is 17.8 Å². The molecule has 1 aliphatic rings. The van der Waals surface area contributed by atoms with Crippen molar-refractivity contribution in [2.75, 3.05) is 18.9 Å². The molecular weight excluding hydrogens is 218 g/mol. The smallest absolute Gasteiger partial charge is 0.245 e. The minimum absolute atomic E-state index is 0.0523. The molecule has 17 heavy (non-hydrogen) atoms. The highest BCUT2D eigenvalue weighted by molar-refractivity contribution is 5.77. The lowest BCUT2D eigenvalue weighted by Crippen LogP contribution is -2.39. The molecule has 1 aromatic heterocycles. The lowest BCUT2D eigenvalue weighted by atomic mass is 10.2. The monoisotopic (exact) mass is 233 g/mol. The van der Waals surface area contributed by atoms with Crippen molar-refractivity contribution in [2.24, 2.45) is 0 Å². The molecule has 0 saturated heterocycles. The van der Waals surface area contributed by atoms with E-state index < -0.39 is 0 Å². The minimum atomic E-state index is -0.379. The van der Waals surface area contributed by atoms with Crippen LogP contribution >= 0.6 is 0 Å². The van der Waals surface area contributed by atoms with Crippen molar-refractivity contribution in [3.63, 3.8) is 0 Å². The standard InChI is InChI=1S/C11H15N5O/c1-8(6-12)15-4-3-9-5-10(13-2)14-16(9)7-11(15)17/h5,8H,3-4,7H2,1-2H3,(H,13,14). The van der Waals surface area contributed by atoms with Gasteiger partial charge < -0.3 is 10.2 Å². The van der Waals surface area contributed by atoms with Crippen LogP contribution in [-0.4, -0.2) is 40.2 Å². The Morgan fingerprint density at radius 3 is 3.06 bits per heavy atom. The lowest BCUT2D eigenvalue weighted by molar-refractivity contribution is -0.132. The zero-order valence-electron chi connectivity index (χ0n) is 9.97. The number of aromatic nitrogens is 2. The molecule has 6 heteroatoms. The Kier molecular flexibility index (Phi) is 3.00. The van der Waals surface area contributed by atoms with Gasteiger partial charge >= 0.3 is 0 Å². The number of nitrogens with one attached hydrogen (secondary N) is 1. The Bertz CT molecular complexity index is 473. The molecular formula is C11H15N5O. The largest absolute Gasteiger partial charge is 0.372 e. The van der Waals surface area contributed by atoms with Gasteiger partial charge in [-0.25, -0.2) is 0 Å². The van der Waals surface area contributed by atoms with Gasteiger partial charge in [0.1, 0.15) is 18.4 Å². The van der Waals surface area contributed by atoms with Gasteiger partial charge in [-0.1, -0.05) is 0 Å². The normalized spacial score (nSPS) is 17.0. The highest BCUT2D eigenvalue weighted by Crippen LogP contribution is 2.15. The fourth-order valence-corrected chi connectivity index (χ4v) is 1.97. The molecule has 1 atom stereocenters. The molecule has 0 radical (unpaired) electrons. The molecule has 0 bridgehead atoms. The lowest BCUT2D eigenvalue weighted by Gasteiger charge is -2.22. The summed E-state index contributed by atoms with van der Waals surface area (Å²) >= 11 is 0. The highest BCUT2D eigenvalue weighted by atomic mass is 16.2. The third-order valence-electron chi connectivity index (χ3n) is 2.99. The predicted octanol–water partition coefficient (Wildman–Crippen LogP) is 0.222. The van der Waals surface area contributed by atoms with Crippen molar-refractivity contribution in [2.45, 2.75) is 25.9 Å². The van der Waals surface area contributed by atoms with E-state index >= 15 is 0 Å². The van der Waals surface area contributed by atoms with Gasteiger partial charge in [-0.05, 0) is 6.92 Å². The first kappa shape index (κ1) is 11.5. The zero-order valence-corrected chi connectivity index (χ0v) is 9.97. The topological polar surface area (TPSA) is 74.0 Å². The van der Waals surface area contributed by atoms with E-state index in [1.165, 1.54) is 0 Å². The summed E-state index contributed by atoms with van der Waals surface area (Å²) < 4.78 is 1.71. The van der Waals surface area contributed by atoms with Crippen molar-refractivity contribution in [3.05, 3.63) is 11.8 Å². The molecule has 1 N–H and O–H groups in total. The third kappa shape index (κ3) is 2.09. The van der Waals surface area contributed by atoms with Gasteiger partial charge in [-0.3, -0.25) is 9.48 Å². The second kappa shape index (κ2) is 4.45. The van der Waals surface area contributed by atoms with Crippen LogP contribution in [0.15, 0.2) is 6.07 Å². The summed E-state index contributed by atoms with van der Waals surface area (Å²) in [4.78, 5) is 13.6. The molecule has 6 nitrogen and oxygen atoms in total. The van der Waals surface area contributed by atoms with Crippen LogP contribution in [0, 0.1) is 11.3 Å². The summed E-state index contributed by atoms with van der Waals surface area (Å²) in [7, 11) is 1.80. The van der Waals surface area contributed by atoms with Gasteiger partial charge in [0.2, 0.25) is 5.91 Å². The highest BCUT2D eigenvalue weighted by Gasteiger charge is 2.25. The maximum absolute atomic E-state index is 12.0. The first-order chi connectivity index (χ1) is 8.15. The molecule has 0 fully saturated rings. The zero-order chi connectivity index (χ0) is 12.4. The first-order valence-electron chi connectivity index (χ1n) is 5.59. The number of anilines is 1. The molecule has 1 unspecified atom stereocenters. The van der Waals surface area contributed by atoms with Crippen molar-refractivity contribution in [1.29, 1.82) is 5.26 Å². The third-order valence-corrected chi connectivity index (χ3v) is 2.99. The summed E-state index contributed by atoms with van der Waals surface area (Å²) in [6, 6.07) is 3.66. The fraction of sp³-hybridized carbons (Fsp3) is 0.545. The van der Waals surface area contributed by atoms with Gasteiger partial charge in [-0.15, -0.1) is 0 Å².